The van der Waals surface area contributed by atoms with Gasteiger partial charge in [-0.3, -0.25) is 9.59 Å². The predicted octanol–water partition coefficient (Wildman–Crippen LogP) is 4.45. The number of nitrogens with zero attached hydrogens (tertiary/aromatic N) is 2. The molecule has 1 heterocycles. The first-order chi connectivity index (χ1) is 16.0. The van der Waals surface area contributed by atoms with Crippen molar-refractivity contribution < 1.29 is 19.1 Å². The minimum absolute atomic E-state index is 0.0394. The second-order valence-corrected chi connectivity index (χ2v) is 8.16. The van der Waals surface area contributed by atoms with Crippen LogP contribution < -0.4 is 9.47 Å². The SMILES string of the molecule is COc1ccc([C@H](CC(=O)N(C)Cc2ccccc2)N2Cc3ccccc3C2=O)cc1OC. The van der Waals surface area contributed by atoms with E-state index in [0.29, 0.717) is 30.2 Å². The fraction of sp³-hybridized carbons (Fsp3) is 0.259. The van der Waals surface area contributed by atoms with Gasteiger partial charge in [-0.15, -0.1) is 0 Å². The zero-order valence-electron chi connectivity index (χ0n) is 19.2. The Morgan fingerprint density at radius 2 is 1.67 bits per heavy atom. The number of methoxy groups -OCH3 is 2. The minimum Gasteiger partial charge on any atom is -0.493 e. The van der Waals surface area contributed by atoms with E-state index in [4.69, 9.17) is 9.47 Å². The molecule has 0 radical (unpaired) electrons. The van der Waals surface area contributed by atoms with Crippen LogP contribution in [0, 0.1) is 0 Å². The lowest BCUT2D eigenvalue weighted by Gasteiger charge is -2.30. The lowest BCUT2D eigenvalue weighted by molar-refractivity contribution is -0.131. The lowest BCUT2D eigenvalue weighted by Crippen LogP contribution is -2.35. The molecular weight excluding hydrogens is 416 g/mol. The molecule has 33 heavy (non-hydrogen) atoms. The molecular formula is C27H28N2O4. The van der Waals surface area contributed by atoms with Crippen molar-refractivity contribution in [3.63, 3.8) is 0 Å². The van der Waals surface area contributed by atoms with Gasteiger partial charge in [0.25, 0.3) is 5.91 Å². The summed E-state index contributed by atoms with van der Waals surface area (Å²) in [7, 11) is 4.95. The smallest absolute Gasteiger partial charge is 0.255 e. The molecule has 0 saturated heterocycles. The van der Waals surface area contributed by atoms with Gasteiger partial charge in [0.1, 0.15) is 0 Å². The van der Waals surface area contributed by atoms with E-state index >= 15 is 0 Å². The average molecular weight is 445 g/mol. The van der Waals surface area contributed by atoms with Gasteiger partial charge in [0.05, 0.1) is 26.7 Å². The predicted molar refractivity (Wildman–Crippen MR) is 126 cm³/mol. The zero-order valence-corrected chi connectivity index (χ0v) is 19.2. The van der Waals surface area contributed by atoms with Crippen molar-refractivity contribution in [1.82, 2.24) is 9.80 Å². The molecule has 1 atom stereocenters. The highest BCUT2D eigenvalue weighted by atomic mass is 16.5. The Labute approximate surface area is 194 Å². The van der Waals surface area contributed by atoms with Gasteiger partial charge in [-0.2, -0.15) is 0 Å². The van der Waals surface area contributed by atoms with Crippen molar-refractivity contribution in [2.45, 2.75) is 25.6 Å². The molecule has 0 N–H and O–H groups in total. The number of amides is 2. The minimum atomic E-state index is -0.435. The second kappa shape index (κ2) is 9.77. The third kappa shape index (κ3) is 4.70. The summed E-state index contributed by atoms with van der Waals surface area (Å²) in [4.78, 5) is 30.0. The van der Waals surface area contributed by atoms with Crippen LogP contribution in [0.15, 0.2) is 72.8 Å². The Kier molecular flexibility index (Phi) is 6.63. The van der Waals surface area contributed by atoms with Crippen molar-refractivity contribution >= 4 is 11.8 Å². The summed E-state index contributed by atoms with van der Waals surface area (Å²) in [5.74, 6) is 1.06. The number of carbonyl (C=O) groups excluding carboxylic acids is 2. The molecule has 2 amide bonds. The maximum Gasteiger partial charge on any atom is 0.255 e. The second-order valence-electron chi connectivity index (χ2n) is 8.16. The first kappa shape index (κ1) is 22.4. The van der Waals surface area contributed by atoms with Crippen LogP contribution in [0.1, 0.15) is 39.5 Å². The van der Waals surface area contributed by atoms with Gasteiger partial charge in [0, 0.05) is 25.7 Å². The van der Waals surface area contributed by atoms with Crippen LogP contribution in [0.4, 0.5) is 0 Å². The van der Waals surface area contributed by atoms with Crippen LogP contribution in [-0.2, 0) is 17.9 Å². The molecule has 0 aromatic heterocycles. The molecule has 0 fully saturated rings. The number of hydrogen-bond acceptors (Lipinski definition) is 4. The van der Waals surface area contributed by atoms with Gasteiger partial charge >= 0.3 is 0 Å². The van der Waals surface area contributed by atoms with E-state index in [1.807, 2.05) is 72.8 Å². The molecule has 3 aromatic rings. The largest absolute Gasteiger partial charge is 0.493 e. The van der Waals surface area contributed by atoms with Crippen LogP contribution in [0.3, 0.4) is 0 Å². The molecule has 0 bridgehead atoms. The van der Waals surface area contributed by atoms with Gasteiger partial charge in [0.15, 0.2) is 11.5 Å². The number of ether oxygens (including phenoxy) is 2. The van der Waals surface area contributed by atoms with E-state index in [0.717, 1.165) is 16.7 Å². The Balaban J connectivity index is 1.63. The Morgan fingerprint density at radius 1 is 0.970 bits per heavy atom. The first-order valence-corrected chi connectivity index (χ1v) is 10.9. The molecule has 3 aromatic carbocycles. The maximum absolute atomic E-state index is 13.3. The topological polar surface area (TPSA) is 59.1 Å². The van der Waals surface area contributed by atoms with Gasteiger partial charge in [0.2, 0.25) is 5.91 Å². The summed E-state index contributed by atoms with van der Waals surface area (Å²) in [5.41, 5.74) is 3.54. The number of hydrogen-bond donors (Lipinski definition) is 0. The number of rotatable bonds is 8. The summed E-state index contributed by atoms with van der Waals surface area (Å²) in [6.07, 6.45) is 0.165. The fourth-order valence-electron chi connectivity index (χ4n) is 4.26. The molecule has 1 aliphatic heterocycles. The zero-order chi connectivity index (χ0) is 23.4. The molecule has 4 rings (SSSR count). The van der Waals surface area contributed by atoms with Crippen LogP contribution >= 0.6 is 0 Å². The molecule has 0 saturated carbocycles. The highest BCUT2D eigenvalue weighted by molar-refractivity contribution is 5.98. The summed E-state index contributed by atoms with van der Waals surface area (Å²) in [5, 5.41) is 0. The summed E-state index contributed by atoms with van der Waals surface area (Å²) >= 11 is 0. The van der Waals surface area contributed by atoms with Crippen LogP contribution in [0.25, 0.3) is 0 Å². The van der Waals surface area contributed by atoms with Crippen molar-refractivity contribution in [3.05, 3.63) is 95.1 Å². The highest BCUT2D eigenvalue weighted by Crippen LogP contribution is 2.37. The molecule has 170 valence electrons. The van der Waals surface area contributed by atoms with Crippen LogP contribution in [0.5, 0.6) is 11.5 Å². The van der Waals surface area contributed by atoms with Gasteiger partial charge in [-0.1, -0.05) is 54.6 Å². The van der Waals surface area contributed by atoms with Gasteiger partial charge in [-0.25, -0.2) is 0 Å². The quantitative estimate of drug-likeness (QED) is 0.515. The van der Waals surface area contributed by atoms with E-state index in [-0.39, 0.29) is 18.2 Å². The van der Waals surface area contributed by atoms with E-state index in [1.165, 1.54) is 0 Å². The molecule has 0 aliphatic carbocycles. The fourth-order valence-corrected chi connectivity index (χ4v) is 4.26. The molecule has 0 spiro atoms. The van der Waals surface area contributed by atoms with Crippen molar-refractivity contribution in [2.75, 3.05) is 21.3 Å². The molecule has 0 unspecified atom stereocenters. The number of carbonyl (C=O) groups is 2. The number of benzene rings is 3. The van der Waals surface area contributed by atoms with E-state index in [2.05, 4.69) is 0 Å². The normalized spacial score (nSPS) is 13.4. The summed E-state index contributed by atoms with van der Waals surface area (Å²) in [6.45, 7) is 0.968. The Hall–Kier alpha value is -3.80. The van der Waals surface area contributed by atoms with Crippen molar-refractivity contribution in [1.29, 1.82) is 0 Å². The van der Waals surface area contributed by atoms with Crippen molar-refractivity contribution in [2.24, 2.45) is 0 Å². The van der Waals surface area contributed by atoms with E-state index in [1.54, 1.807) is 31.1 Å². The standard InChI is InChI=1S/C27H28N2O4/c1-28(17-19-9-5-4-6-10-19)26(30)16-23(20-13-14-24(32-2)25(15-20)33-3)29-18-21-11-7-8-12-22(21)27(29)31/h4-15,23H,16-18H2,1-3H3/t23-/m0/s1. The first-order valence-electron chi connectivity index (χ1n) is 10.9. The van der Waals surface area contributed by atoms with Crippen LogP contribution in [-0.4, -0.2) is 42.9 Å². The van der Waals surface area contributed by atoms with Crippen LogP contribution in [0.2, 0.25) is 0 Å². The maximum atomic E-state index is 13.3. The lowest BCUT2D eigenvalue weighted by atomic mass is 10.00. The Morgan fingerprint density at radius 3 is 2.36 bits per heavy atom. The number of fused-ring (bicyclic) bond motifs is 1. The Bertz CT molecular complexity index is 1150. The summed E-state index contributed by atoms with van der Waals surface area (Å²) < 4.78 is 10.9. The summed E-state index contributed by atoms with van der Waals surface area (Å²) in [6, 6.07) is 22.6. The van der Waals surface area contributed by atoms with Gasteiger partial charge in [-0.05, 0) is 34.9 Å². The highest BCUT2D eigenvalue weighted by Gasteiger charge is 2.35. The molecule has 6 heteroatoms. The van der Waals surface area contributed by atoms with Crippen molar-refractivity contribution in [3.8, 4) is 11.5 Å². The van der Waals surface area contributed by atoms with Gasteiger partial charge < -0.3 is 19.3 Å². The molecule has 1 aliphatic rings. The molecule has 6 nitrogen and oxygen atoms in total. The third-order valence-electron chi connectivity index (χ3n) is 6.07. The third-order valence-corrected chi connectivity index (χ3v) is 6.07. The monoisotopic (exact) mass is 444 g/mol. The van der Waals surface area contributed by atoms with E-state index < -0.39 is 6.04 Å². The van der Waals surface area contributed by atoms with E-state index in [9.17, 15) is 9.59 Å². The average Bonchev–Trinajstić information content (AvgIpc) is 3.18.